The zero-order valence-corrected chi connectivity index (χ0v) is 30.8. The third-order valence-corrected chi connectivity index (χ3v) is 8.02. The molecule has 0 spiro atoms. The zero-order valence-electron chi connectivity index (χ0n) is 30.8. The lowest BCUT2D eigenvalue weighted by atomic mass is 9.96. The smallest absolute Gasteiger partial charge is 0.326 e. The van der Waals surface area contributed by atoms with Crippen LogP contribution in [0.3, 0.4) is 0 Å². The topological polar surface area (TPSA) is 347 Å². The van der Waals surface area contributed by atoms with E-state index in [4.69, 9.17) is 17.2 Å². The molecule has 0 aromatic rings. The van der Waals surface area contributed by atoms with Gasteiger partial charge in [-0.1, -0.05) is 34.1 Å². The van der Waals surface area contributed by atoms with Gasteiger partial charge in [-0.2, -0.15) is 0 Å². The molecule has 0 aliphatic heterocycles. The summed E-state index contributed by atoms with van der Waals surface area (Å²) in [5, 5.41) is 43.6. The van der Waals surface area contributed by atoms with E-state index in [-0.39, 0.29) is 25.3 Å². The average Bonchev–Trinajstić information content (AvgIpc) is 3.05. The van der Waals surface area contributed by atoms with E-state index in [1.54, 1.807) is 27.7 Å². The Balaban J connectivity index is 6.21. The van der Waals surface area contributed by atoms with Gasteiger partial charge in [0, 0.05) is 0 Å². The molecule has 9 atom stereocenters. The van der Waals surface area contributed by atoms with E-state index in [1.165, 1.54) is 13.8 Å². The molecule has 0 rings (SSSR count). The van der Waals surface area contributed by atoms with Crippen LogP contribution < -0.4 is 49.1 Å². The summed E-state index contributed by atoms with van der Waals surface area (Å²) in [5.41, 5.74) is 16.5. The highest BCUT2D eigenvalue weighted by atomic mass is 16.4. The third-order valence-electron chi connectivity index (χ3n) is 8.02. The summed E-state index contributed by atoms with van der Waals surface area (Å²) < 4.78 is 0. The monoisotopic (exact) mass is 745 g/mol. The summed E-state index contributed by atoms with van der Waals surface area (Å²) in [6, 6.07) is -9.79. The number of carbonyl (C=O) groups excluding carboxylic acids is 7. The molecule has 0 unspecified atom stereocenters. The van der Waals surface area contributed by atoms with Crippen molar-refractivity contribution >= 4 is 47.3 Å². The summed E-state index contributed by atoms with van der Waals surface area (Å²) in [6.07, 6.45) is -1.02. The molecule has 0 aliphatic carbocycles. The molecule has 0 saturated heterocycles. The standard InChI is InChI=1S/C32H59N9O11/c1-7-16(4)24(40-31(50)25(18(6)43)41-26(45)17(5)34)30(49)37-20(13-23(35)44)28(47)36-19(10-8-9-11-33)27(46)39-22(14-42)29(48)38-21(32(51)52)12-15(2)3/h15-22,24-25,42-43H,7-14,33-34H2,1-6H3,(H2,35,44)(H,36,47)(H,37,49)(H,38,48)(H,39,46)(H,40,50)(H,41,45)(H,51,52)/t16-,17-,18+,19-,20-,21-,22-,24-,25-/m0/s1. The van der Waals surface area contributed by atoms with Crippen LogP contribution in [0.25, 0.3) is 0 Å². The number of carboxylic acids is 1. The maximum absolute atomic E-state index is 13.6. The first-order chi connectivity index (χ1) is 24.2. The van der Waals surface area contributed by atoms with Gasteiger partial charge in [0.2, 0.25) is 41.4 Å². The van der Waals surface area contributed by atoms with Gasteiger partial charge in [-0.05, 0) is 57.9 Å². The maximum atomic E-state index is 13.6. The molecule has 0 aromatic heterocycles. The number of primary amides is 1. The number of carbonyl (C=O) groups is 8. The highest BCUT2D eigenvalue weighted by Crippen LogP contribution is 2.11. The molecule has 20 heteroatoms. The van der Waals surface area contributed by atoms with Gasteiger partial charge in [-0.3, -0.25) is 33.6 Å². The van der Waals surface area contributed by atoms with Crippen molar-refractivity contribution in [3.05, 3.63) is 0 Å². The van der Waals surface area contributed by atoms with Gasteiger partial charge in [-0.15, -0.1) is 0 Å². The van der Waals surface area contributed by atoms with Crippen molar-refractivity contribution in [1.29, 1.82) is 0 Å². The summed E-state index contributed by atoms with van der Waals surface area (Å²) in [6.45, 7) is 8.75. The molecule has 0 saturated carbocycles. The van der Waals surface area contributed by atoms with Crippen molar-refractivity contribution in [2.24, 2.45) is 29.0 Å². The average molecular weight is 746 g/mol. The predicted octanol–water partition coefficient (Wildman–Crippen LogP) is -4.20. The molecular weight excluding hydrogens is 686 g/mol. The maximum Gasteiger partial charge on any atom is 0.326 e. The molecule has 0 aromatic carbocycles. The number of amides is 7. The van der Waals surface area contributed by atoms with Crippen molar-refractivity contribution < 1.29 is 53.7 Å². The first-order valence-electron chi connectivity index (χ1n) is 17.3. The molecule has 0 heterocycles. The van der Waals surface area contributed by atoms with Gasteiger partial charge < -0.3 is 64.4 Å². The lowest BCUT2D eigenvalue weighted by Crippen LogP contribution is -2.62. The van der Waals surface area contributed by atoms with E-state index in [9.17, 15) is 53.7 Å². The van der Waals surface area contributed by atoms with E-state index in [1.807, 2.05) is 0 Å². The molecule has 7 amide bonds. The van der Waals surface area contributed by atoms with E-state index >= 15 is 0 Å². The van der Waals surface area contributed by atoms with Crippen LogP contribution in [-0.4, -0.2) is 124 Å². The largest absolute Gasteiger partial charge is 0.480 e. The number of aliphatic hydroxyl groups excluding tert-OH is 2. The Labute approximate surface area is 303 Å². The number of hydrogen-bond donors (Lipinski definition) is 12. The SMILES string of the molecule is CC[C@H](C)[C@H](NC(=O)[C@@H](NC(=O)[C@H](C)N)[C@@H](C)O)C(=O)N[C@@H](CC(N)=O)C(=O)N[C@@H](CCCCN)C(=O)N[C@@H](CO)C(=O)N[C@@H](CC(C)C)C(=O)O. The van der Waals surface area contributed by atoms with Crippen LogP contribution in [0.5, 0.6) is 0 Å². The lowest BCUT2D eigenvalue weighted by Gasteiger charge is -2.29. The Kier molecular flexibility index (Phi) is 21.9. The molecule has 298 valence electrons. The van der Waals surface area contributed by atoms with E-state index < -0.39 is 115 Å². The van der Waals surface area contributed by atoms with Gasteiger partial charge in [0.05, 0.1) is 25.2 Å². The highest BCUT2D eigenvalue weighted by Gasteiger charge is 2.36. The number of aliphatic carboxylic acids is 1. The first kappa shape index (κ1) is 47.6. The van der Waals surface area contributed by atoms with Gasteiger partial charge >= 0.3 is 5.97 Å². The zero-order chi connectivity index (χ0) is 40.3. The van der Waals surface area contributed by atoms with Crippen molar-refractivity contribution in [1.82, 2.24) is 31.9 Å². The Morgan fingerprint density at radius 3 is 1.60 bits per heavy atom. The van der Waals surface area contributed by atoms with Crippen molar-refractivity contribution in [3.8, 4) is 0 Å². The molecule has 0 fully saturated rings. The third kappa shape index (κ3) is 17.2. The number of nitrogens with one attached hydrogen (secondary N) is 6. The quantitative estimate of drug-likeness (QED) is 0.0395. The second-order valence-corrected chi connectivity index (χ2v) is 13.2. The number of carboxylic acid groups (broad SMARTS) is 1. The molecule has 15 N–H and O–H groups in total. The molecule has 0 bridgehead atoms. The molecule has 52 heavy (non-hydrogen) atoms. The fraction of sp³-hybridized carbons (Fsp3) is 0.750. The molecular formula is C32H59N9O11. The Morgan fingerprint density at radius 2 is 1.13 bits per heavy atom. The van der Waals surface area contributed by atoms with Crippen LogP contribution in [0.1, 0.15) is 80.1 Å². The summed E-state index contributed by atoms with van der Waals surface area (Å²) in [5.74, 6) is -8.56. The second kappa shape index (κ2) is 24.0. The molecule has 20 nitrogen and oxygen atoms in total. The molecule has 0 aliphatic rings. The summed E-state index contributed by atoms with van der Waals surface area (Å²) in [4.78, 5) is 102. The normalized spacial score (nSPS) is 16.4. The van der Waals surface area contributed by atoms with E-state index in [0.717, 1.165) is 0 Å². The summed E-state index contributed by atoms with van der Waals surface area (Å²) >= 11 is 0. The minimum absolute atomic E-state index is 0.0314. The number of hydrogen-bond acceptors (Lipinski definition) is 12. The van der Waals surface area contributed by atoms with Gasteiger partial charge in [0.15, 0.2) is 0 Å². The minimum atomic E-state index is -1.66. The number of rotatable bonds is 25. The van der Waals surface area contributed by atoms with Crippen molar-refractivity contribution in [2.75, 3.05) is 13.2 Å². The van der Waals surface area contributed by atoms with Crippen LogP contribution >= 0.6 is 0 Å². The van der Waals surface area contributed by atoms with Crippen LogP contribution in [-0.2, 0) is 38.4 Å². The van der Waals surface area contributed by atoms with Gasteiger partial charge in [0.1, 0.15) is 36.3 Å². The number of unbranched alkanes of at least 4 members (excludes halogenated alkanes) is 1. The van der Waals surface area contributed by atoms with Crippen LogP contribution in [0.15, 0.2) is 0 Å². The van der Waals surface area contributed by atoms with Crippen molar-refractivity contribution in [3.63, 3.8) is 0 Å². The van der Waals surface area contributed by atoms with Crippen molar-refractivity contribution in [2.45, 2.75) is 128 Å². The Hall–Kier alpha value is -4.40. The Morgan fingerprint density at radius 1 is 0.654 bits per heavy atom. The fourth-order valence-corrected chi connectivity index (χ4v) is 4.77. The summed E-state index contributed by atoms with van der Waals surface area (Å²) in [7, 11) is 0. The molecule has 0 radical (unpaired) electrons. The van der Waals surface area contributed by atoms with E-state index in [2.05, 4.69) is 31.9 Å². The van der Waals surface area contributed by atoms with Gasteiger partial charge in [0.25, 0.3) is 0 Å². The van der Waals surface area contributed by atoms with Crippen LogP contribution in [0.4, 0.5) is 0 Å². The lowest BCUT2D eigenvalue weighted by molar-refractivity contribution is -0.143. The highest BCUT2D eigenvalue weighted by molar-refractivity contribution is 5.98. The second-order valence-electron chi connectivity index (χ2n) is 13.2. The predicted molar refractivity (Wildman–Crippen MR) is 187 cm³/mol. The minimum Gasteiger partial charge on any atom is -0.480 e. The Bertz CT molecular complexity index is 1230. The van der Waals surface area contributed by atoms with Crippen LogP contribution in [0.2, 0.25) is 0 Å². The van der Waals surface area contributed by atoms with Crippen LogP contribution in [0, 0.1) is 11.8 Å². The number of aliphatic hydroxyl groups is 2. The van der Waals surface area contributed by atoms with Gasteiger partial charge in [-0.25, -0.2) is 4.79 Å². The first-order valence-corrected chi connectivity index (χ1v) is 17.3. The fourth-order valence-electron chi connectivity index (χ4n) is 4.77. The number of nitrogens with two attached hydrogens (primary N) is 3. The van der Waals surface area contributed by atoms with E-state index in [0.29, 0.717) is 19.3 Å².